The molecule has 0 bridgehead atoms. The highest BCUT2D eigenvalue weighted by molar-refractivity contribution is 5.45. The Morgan fingerprint density at radius 1 is 1.05 bits per heavy atom. The van der Waals surface area contributed by atoms with Crippen molar-refractivity contribution in [1.29, 1.82) is 0 Å². The number of rotatable bonds is 2. The number of hydrogen-bond donors (Lipinski definition) is 2. The van der Waals surface area contributed by atoms with Gasteiger partial charge in [0.1, 0.15) is 0 Å². The Hall–Kier alpha value is -2.40. The maximum absolute atomic E-state index is 10.1. The van der Waals surface area contributed by atoms with Crippen molar-refractivity contribution >= 4 is 0 Å². The number of aliphatic hydroxyl groups excluding tert-OH is 1. The summed E-state index contributed by atoms with van der Waals surface area (Å²) in [6.45, 7) is 0. The Bertz CT molecular complexity index is 625. The van der Waals surface area contributed by atoms with Crippen LogP contribution in [0.3, 0.4) is 0 Å². The number of aliphatic hydroxyl groups is 1. The van der Waals surface area contributed by atoms with Gasteiger partial charge in [0.15, 0.2) is 29.1 Å². The molecule has 0 amide bonds. The van der Waals surface area contributed by atoms with Crippen LogP contribution in [0.5, 0.6) is 23.0 Å². The summed E-state index contributed by atoms with van der Waals surface area (Å²) in [6, 6.07) is 11.9. The molecule has 0 saturated heterocycles. The molecule has 1 aliphatic heterocycles. The van der Waals surface area contributed by atoms with Crippen molar-refractivity contribution in [3.8, 4) is 23.0 Å². The molecule has 1 unspecified atom stereocenters. The van der Waals surface area contributed by atoms with E-state index in [2.05, 4.69) is 0 Å². The lowest BCUT2D eigenvalue weighted by Crippen LogP contribution is -2.32. The summed E-state index contributed by atoms with van der Waals surface area (Å²) in [5.41, 5.74) is 0.654. The number of phenolic OH excluding ortho intramolecular Hbond substituents is 1. The van der Waals surface area contributed by atoms with Crippen LogP contribution in [0.4, 0.5) is 0 Å². The number of aromatic hydroxyl groups is 1. The Morgan fingerprint density at radius 2 is 1.75 bits per heavy atom. The first-order valence-electron chi connectivity index (χ1n) is 6.16. The number of hydrogen-bond acceptors (Lipinski definition) is 5. The van der Waals surface area contributed by atoms with Gasteiger partial charge in [-0.05, 0) is 24.3 Å². The lowest BCUT2D eigenvalue weighted by Gasteiger charge is -2.31. The van der Waals surface area contributed by atoms with Crippen LogP contribution < -0.4 is 14.2 Å². The molecule has 2 N–H and O–H groups in total. The first-order valence-corrected chi connectivity index (χ1v) is 6.16. The van der Waals surface area contributed by atoms with Crippen LogP contribution in [0.1, 0.15) is 11.7 Å². The number of phenols is 1. The molecule has 2 atom stereocenters. The summed E-state index contributed by atoms with van der Waals surface area (Å²) in [6.07, 6.45) is -1.81. The van der Waals surface area contributed by atoms with Gasteiger partial charge in [-0.25, -0.2) is 0 Å². The smallest absolute Gasteiger partial charge is 0.239 e. The topological polar surface area (TPSA) is 68.2 Å². The van der Waals surface area contributed by atoms with E-state index in [4.69, 9.17) is 14.2 Å². The molecule has 0 fully saturated rings. The Morgan fingerprint density at radius 3 is 2.45 bits per heavy atom. The number of ether oxygens (including phenoxy) is 3. The van der Waals surface area contributed by atoms with E-state index in [1.54, 1.807) is 30.3 Å². The molecule has 2 aromatic rings. The second kappa shape index (κ2) is 4.94. The molecule has 2 aromatic carbocycles. The SMILES string of the molecule is COc1cc([C@@H]2Oc3ccccc3OC2O)ccc1O. The maximum Gasteiger partial charge on any atom is 0.239 e. The average Bonchev–Trinajstić information content (AvgIpc) is 2.47. The van der Waals surface area contributed by atoms with Gasteiger partial charge < -0.3 is 24.4 Å². The first kappa shape index (κ1) is 12.6. The molecule has 20 heavy (non-hydrogen) atoms. The molecule has 5 nitrogen and oxygen atoms in total. The molecule has 5 heteroatoms. The van der Waals surface area contributed by atoms with Crippen molar-refractivity contribution in [2.75, 3.05) is 7.11 Å². The Balaban J connectivity index is 1.95. The van der Waals surface area contributed by atoms with Crippen molar-refractivity contribution in [1.82, 2.24) is 0 Å². The van der Waals surface area contributed by atoms with Gasteiger partial charge in [-0.2, -0.15) is 0 Å². The summed E-state index contributed by atoms with van der Waals surface area (Å²) >= 11 is 0. The molecular formula is C15H14O5. The number of benzene rings is 2. The molecule has 0 aromatic heterocycles. The predicted molar refractivity (Wildman–Crippen MR) is 71.1 cm³/mol. The Kier molecular flexibility index (Phi) is 3.12. The van der Waals surface area contributed by atoms with Crippen LogP contribution in [-0.2, 0) is 0 Å². The summed E-state index contributed by atoms with van der Waals surface area (Å²) in [7, 11) is 1.46. The summed E-state index contributed by atoms with van der Waals surface area (Å²) < 4.78 is 16.2. The Labute approximate surface area is 116 Å². The van der Waals surface area contributed by atoms with Crippen molar-refractivity contribution in [3.63, 3.8) is 0 Å². The van der Waals surface area contributed by atoms with Gasteiger partial charge in [-0.15, -0.1) is 0 Å². The number of methoxy groups -OCH3 is 1. The van der Waals surface area contributed by atoms with Crippen molar-refractivity contribution < 1.29 is 24.4 Å². The summed E-state index contributed by atoms with van der Waals surface area (Å²) in [4.78, 5) is 0. The zero-order chi connectivity index (χ0) is 14.1. The first-order chi connectivity index (χ1) is 9.69. The van der Waals surface area contributed by atoms with E-state index >= 15 is 0 Å². The van der Waals surface area contributed by atoms with Gasteiger partial charge in [0.2, 0.25) is 6.29 Å². The van der Waals surface area contributed by atoms with Crippen LogP contribution in [0.25, 0.3) is 0 Å². The van der Waals surface area contributed by atoms with E-state index in [9.17, 15) is 10.2 Å². The predicted octanol–water partition coefficient (Wildman–Crippen LogP) is 2.23. The zero-order valence-electron chi connectivity index (χ0n) is 10.8. The van der Waals surface area contributed by atoms with Gasteiger partial charge in [-0.1, -0.05) is 18.2 Å². The third-order valence-electron chi connectivity index (χ3n) is 3.14. The van der Waals surface area contributed by atoms with Crippen molar-refractivity contribution in [2.45, 2.75) is 12.4 Å². The zero-order valence-corrected chi connectivity index (χ0v) is 10.8. The fourth-order valence-corrected chi connectivity index (χ4v) is 2.14. The third kappa shape index (κ3) is 2.12. The lowest BCUT2D eigenvalue weighted by molar-refractivity contribution is -0.115. The average molecular weight is 274 g/mol. The quantitative estimate of drug-likeness (QED) is 0.879. The normalized spacial score (nSPS) is 20.5. The fraction of sp³-hybridized carbons (Fsp3) is 0.200. The van der Waals surface area contributed by atoms with Crippen molar-refractivity contribution in [2.24, 2.45) is 0 Å². The van der Waals surface area contributed by atoms with Crippen LogP contribution in [0, 0.1) is 0 Å². The molecular weight excluding hydrogens is 260 g/mol. The minimum Gasteiger partial charge on any atom is -0.504 e. The molecule has 1 heterocycles. The monoisotopic (exact) mass is 274 g/mol. The van der Waals surface area contributed by atoms with Gasteiger partial charge in [-0.3, -0.25) is 0 Å². The molecule has 0 spiro atoms. The largest absolute Gasteiger partial charge is 0.504 e. The van der Waals surface area contributed by atoms with Crippen LogP contribution in [0.2, 0.25) is 0 Å². The van der Waals surface area contributed by atoms with E-state index < -0.39 is 12.4 Å². The second-order valence-corrected chi connectivity index (χ2v) is 4.42. The number of fused-ring (bicyclic) bond motifs is 1. The minimum atomic E-state index is -1.13. The summed E-state index contributed by atoms with van der Waals surface area (Å²) in [5, 5.41) is 19.6. The number of para-hydroxylation sites is 2. The van der Waals surface area contributed by atoms with Crippen LogP contribution in [-0.4, -0.2) is 23.6 Å². The van der Waals surface area contributed by atoms with E-state index in [1.807, 2.05) is 6.07 Å². The molecule has 104 valence electrons. The van der Waals surface area contributed by atoms with Crippen LogP contribution >= 0.6 is 0 Å². The van der Waals surface area contributed by atoms with E-state index in [0.29, 0.717) is 22.8 Å². The van der Waals surface area contributed by atoms with E-state index in [-0.39, 0.29) is 5.75 Å². The van der Waals surface area contributed by atoms with Gasteiger partial charge >= 0.3 is 0 Å². The van der Waals surface area contributed by atoms with Gasteiger partial charge in [0, 0.05) is 5.56 Å². The van der Waals surface area contributed by atoms with Crippen molar-refractivity contribution in [3.05, 3.63) is 48.0 Å². The maximum atomic E-state index is 10.1. The lowest BCUT2D eigenvalue weighted by atomic mass is 10.1. The van der Waals surface area contributed by atoms with Gasteiger partial charge in [0.05, 0.1) is 7.11 Å². The highest BCUT2D eigenvalue weighted by Crippen LogP contribution is 2.40. The minimum absolute atomic E-state index is 0.0304. The summed E-state index contributed by atoms with van der Waals surface area (Å²) in [5.74, 6) is 1.41. The molecule has 0 radical (unpaired) electrons. The van der Waals surface area contributed by atoms with Gasteiger partial charge in [0.25, 0.3) is 0 Å². The molecule has 0 saturated carbocycles. The third-order valence-corrected chi connectivity index (χ3v) is 3.14. The molecule has 0 aliphatic carbocycles. The highest BCUT2D eigenvalue weighted by Gasteiger charge is 2.31. The molecule has 1 aliphatic rings. The standard InChI is InChI=1S/C15H14O5/c1-18-13-8-9(6-7-10(13)16)14-15(17)20-12-5-3-2-4-11(12)19-14/h2-8,14-17H,1H3/t14-,15?/m0/s1. The molecule has 3 rings (SSSR count). The van der Waals surface area contributed by atoms with Crippen LogP contribution in [0.15, 0.2) is 42.5 Å². The highest BCUT2D eigenvalue weighted by atomic mass is 16.7. The van der Waals surface area contributed by atoms with E-state index in [1.165, 1.54) is 13.2 Å². The second-order valence-electron chi connectivity index (χ2n) is 4.42. The van der Waals surface area contributed by atoms with E-state index in [0.717, 1.165) is 0 Å². The fourth-order valence-electron chi connectivity index (χ4n) is 2.14.